The molecule has 0 amide bonds. The summed E-state index contributed by atoms with van der Waals surface area (Å²) in [4.78, 5) is 1.50. The van der Waals surface area contributed by atoms with Crippen LogP contribution in [0.2, 0.25) is 0 Å². The summed E-state index contributed by atoms with van der Waals surface area (Å²) in [6.45, 7) is 4.26. The molecule has 1 N–H and O–H groups in total. The molecule has 26 heavy (non-hydrogen) atoms. The number of benzene rings is 2. The summed E-state index contributed by atoms with van der Waals surface area (Å²) in [5, 5.41) is 20.8. The molecule has 1 atom stereocenters. The molecule has 0 heterocycles. The first-order valence-electron chi connectivity index (χ1n) is 8.07. The molecule has 1 unspecified atom stereocenters. The largest absolute Gasteiger partial charge is 0.305 e. The third-order valence-corrected chi connectivity index (χ3v) is 3.69. The molecule has 0 spiro atoms. The number of aryl methyl sites for hydroxylation is 2. The second-order valence-electron chi connectivity index (χ2n) is 5.69. The Kier molecular flexibility index (Phi) is 6.71. The Morgan fingerprint density at radius 2 is 1.54 bits per heavy atom. The predicted octanol–water partition coefficient (Wildman–Crippen LogP) is 3.41. The summed E-state index contributed by atoms with van der Waals surface area (Å²) in [5.41, 5.74) is 3.98. The highest BCUT2D eigenvalue weighted by Gasteiger charge is 2.06. The van der Waals surface area contributed by atoms with Gasteiger partial charge in [0.25, 0.3) is 0 Å². The zero-order valence-corrected chi connectivity index (χ0v) is 14.7. The minimum Gasteiger partial charge on any atom is -0.305 e. The summed E-state index contributed by atoms with van der Waals surface area (Å²) in [6, 6.07) is 15.1. The Morgan fingerprint density at radius 1 is 0.923 bits per heavy atom. The molecule has 2 rings (SSSR count). The molecule has 4 heteroatoms. The van der Waals surface area contributed by atoms with Crippen LogP contribution in [0.5, 0.6) is 0 Å². The molecule has 2 aromatic carbocycles. The van der Waals surface area contributed by atoms with E-state index in [1.165, 1.54) is 4.90 Å². The van der Waals surface area contributed by atoms with Crippen molar-refractivity contribution in [3.05, 3.63) is 65.2 Å². The topological polar surface area (TPSA) is 62.9 Å². The van der Waals surface area contributed by atoms with Crippen LogP contribution < -0.4 is 10.2 Å². The lowest BCUT2D eigenvalue weighted by Crippen LogP contribution is -2.16. The van der Waals surface area contributed by atoms with E-state index in [0.717, 1.165) is 22.4 Å². The average molecular weight is 338 g/mol. The normalized spacial score (nSPS) is 10.0. The maximum Gasteiger partial charge on any atom is 0.185 e. The fourth-order valence-electron chi connectivity index (χ4n) is 2.21. The number of rotatable bonds is 4. The van der Waals surface area contributed by atoms with Crippen LogP contribution in [0.15, 0.2) is 48.5 Å². The molecule has 2 aromatic rings. The summed E-state index contributed by atoms with van der Waals surface area (Å²) < 4.78 is 0. The minimum atomic E-state index is -0.404. The van der Waals surface area contributed by atoms with Gasteiger partial charge in [0.15, 0.2) is 12.4 Å². The molecule has 0 aliphatic rings. The lowest BCUT2D eigenvalue weighted by Gasteiger charge is -2.11. The van der Waals surface area contributed by atoms with Gasteiger partial charge in [-0.05, 0) is 43.4 Å². The molecule has 0 bridgehead atoms. The highest BCUT2D eigenvalue weighted by Crippen LogP contribution is 2.14. The van der Waals surface area contributed by atoms with E-state index in [2.05, 4.69) is 35.2 Å². The number of nitriles is 2. The lowest BCUT2D eigenvalue weighted by atomic mass is 10.1. The van der Waals surface area contributed by atoms with Crippen LogP contribution in [0.25, 0.3) is 0 Å². The van der Waals surface area contributed by atoms with Gasteiger partial charge in [0, 0.05) is 0 Å². The van der Waals surface area contributed by atoms with Crippen LogP contribution in [0, 0.1) is 60.4 Å². The van der Waals surface area contributed by atoms with E-state index in [1.807, 2.05) is 68.6 Å². The molecule has 4 nitrogen and oxygen atoms in total. The number of hydrogen-bond donors (Lipinski definition) is 1. The minimum absolute atomic E-state index is 0.259. The fourth-order valence-corrected chi connectivity index (χ4v) is 2.21. The van der Waals surface area contributed by atoms with Crippen molar-refractivity contribution in [2.75, 3.05) is 11.4 Å². The number of nitrogens with one attached hydrogen (secondary N) is 1. The van der Waals surface area contributed by atoms with Gasteiger partial charge in [-0.15, -0.1) is 0 Å². The van der Waals surface area contributed by atoms with Gasteiger partial charge < -0.3 is 5.32 Å². The van der Waals surface area contributed by atoms with Crippen molar-refractivity contribution in [1.29, 1.82) is 10.5 Å². The standard InChI is InChI=1S/C22H18N4/c1-18-7-11-20(12-8-18)22(25-16-23)6-4-3-5-15-26(17-24)21-13-9-19(2)10-14-21/h7-14,22,25H,15H2,1-2H3. The van der Waals surface area contributed by atoms with Gasteiger partial charge in [-0.25, -0.2) is 0 Å². The van der Waals surface area contributed by atoms with E-state index in [9.17, 15) is 5.26 Å². The van der Waals surface area contributed by atoms with Gasteiger partial charge in [-0.3, -0.25) is 4.90 Å². The van der Waals surface area contributed by atoms with Gasteiger partial charge in [0.05, 0.1) is 12.2 Å². The van der Waals surface area contributed by atoms with Gasteiger partial charge in [0.1, 0.15) is 6.04 Å². The average Bonchev–Trinajstić information content (AvgIpc) is 2.65. The smallest absolute Gasteiger partial charge is 0.185 e. The second-order valence-corrected chi connectivity index (χ2v) is 5.69. The Bertz CT molecular complexity index is 937. The molecule has 0 saturated carbocycles. The van der Waals surface area contributed by atoms with Crippen LogP contribution in [0.1, 0.15) is 22.7 Å². The van der Waals surface area contributed by atoms with Crippen LogP contribution in [0.4, 0.5) is 5.69 Å². The molecule has 0 aliphatic heterocycles. The highest BCUT2D eigenvalue weighted by molar-refractivity contribution is 5.52. The summed E-state index contributed by atoms with van der Waals surface area (Å²) >= 11 is 0. The molecule has 0 aliphatic carbocycles. The van der Waals surface area contributed by atoms with Crippen molar-refractivity contribution in [3.8, 4) is 36.1 Å². The van der Waals surface area contributed by atoms with E-state index in [1.54, 1.807) is 0 Å². The first kappa shape index (κ1) is 18.5. The first-order valence-corrected chi connectivity index (χ1v) is 8.07. The first-order chi connectivity index (χ1) is 12.6. The molecular formula is C22H18N4. The van der Waals surface area contributed by atoms with E-state index in [0.29, 0.717) is 0 Å². The second kappa shape index (κ2) is 9.44. The van der Waals surface area contributed by atoms with Crippen molar-refractivity contribution < 1.29 is 0 Å². The third kappa shape index (κ3) is 5.35. The Balaban J connectivity index is 2.05. The number of anilines is 1. The van der Waals surface area contributed by atoms with Crippen molar-refractivity contribution in [1.82, 2.24) is 5.32 Å². The van der Waals surface area contributed by atoms with Crippen LogP contribution >= 0.6 is 0 Å². The van der Waals surface area contributed by atoms with Crippen molar-refractivity contribution >= 4 is 5.69 Å². The van der Waals surface area contributed by atoms with Gasteiger partial charge in [-0.1, -0.05) is 59.4 Å². The summed E-state index contributed by atoms with van der Waals surface area (Å²) in [6.07, 6.45) is 4.04. The zero-order valence-electron chi connectivity index (χ0n) is 14.7. The molecule has 126 valence electrons. The molecule has 0 saturated heterocycles. The van der Waals surface area contributed by atoms with E-state index >= 15 is 0 Å². The maximum atomic E-state index is 9.26. The Morgan fingerprint density at radius 3 is 2.12 bits per heavy atom. The lowest BCUT2D eigenvalue weighted by molar-refractivity contribution is 0.792. The molecule has 0 radical (unpaired) electrons. The predicted molar refractivity (Wildman–Crippen MR) is 102 cm³/mol. The maximum absolute atomic E-state index is 9.26. The zero-order chi connectivity index (χ0) is 18.8. The molecule has 0 fully saturated rings. The van der Waals surface area contributed by atoms with Crippen molar-refractivity contribution in [2.24, 2.45) is 0 Å². The highest BCUT2D eigenvalue weighted by atomic mass is 15.1. The van der Waals surface area contributed by atoms with Gasteiger partial charge >= 0.3 is 0 Å². The van der Waals surface area contributed by atoms with Crippen molar-refractivity contribution in [2.45, 2.75) is 19.9 Å². The van der Waals surface area contributed by atoms with Crippen LogP contribution in [0.3, 0.4) is 0 Å². The molecular weight excluding hydrogens is 320 g/mol. The third-order valence-electron chi connectivity index (χ3n) is 3.69. The van der Waals surface area contributed by atoms with Crippen LogP contribution in [-0.2, 0) is 0 Å². The van der Waals surface area contributed by atoms with E-state index < -0.39 is 6.04 Å². The number of hydrogen-bond acceptors (Lipinski definition) is 4. The number of nitrogens with zero attached hydrogens (tertiary/aromatic N) is 3. The van der Waals surface area contributed by atoms with E-state index in [4.69, 9.17) is 5.26 Å². The van der Waals surface area contributed by atoms with Crippen molar-refractivity contribution in [3.63, 3.8) is 0 Å². The van der Waals surface area contributed by atoms with Gasteiger partial charge in [0.2, 0.25) is 0 Å². The SMILES string of the molecule is Cc1ccc(C(C#CC#CCN(C#N)c2ccc(C)cc2)NC#N)cc1. The van der Waals surface area contributed by atoms with Gasteiger partial charge in [-0.2, -0.15) is 10.5 Å². The Labute approximate surface area is 154 Å². The monoisotopic (exact) mass is 338 g/mol. The summed E-state index contributed by atoms with van der Waals surface area (Å²) in [7, 11) is 0. The van der Waals surface area contributed by atoms with E-state index in [-0.39, 0.29) is 6.54 Å². The molecule has 0 aromatic heterocycles. The Hall–Kier alpha value is -3.86. The quantitative estimate of drug-likeness (QED) is 0.527. The summed E-state index contributed by atoms with van der Waals surface area (Å²) in [5.74, 6) is 11.3. The fraction of sp³-hybridized carbons (Fsp3) is 0.182. The van der Waals surface area contributed by atoms with Crippen LogP contribution in [-0.4, -0.2) is 6.54 Å².